The van der Waals surface area contributed by atoms with Crippen molar-refractivity contribution in [3.05, 3.63) is 48.0 Å². The highest BCUT2D eigenvalue weighted by atomic mass is 16.5. The SMILES string of the molecule is Cn1cc(-c2cccc(NCC34CCC(c5nc(C6CC6)no5)(CC3)CC4)c2)nc1C1CC1. The second-order valence-electron chi connectivity index (χ2n) is 11.3. The minimum Gasteiger partial charge on any atom is -0.384 e. The van der Waals surface area contributed by atoms with Gasteiger partial charge in [-0.3, -0.25) is 0 Å². The summed E-state index contributed by atoms with van der Waals surface area (Å²) in [7, 11) is 2.12. The second-order valence-corrected chi connectivity index (χ2v) is 11.3. The van der Waals surface area contributed by atoms with E-state index in [1.54, 1.807) is 0 Å². The molecule has 2 heterocycles. The van der Waals surface area contributed by atoms with Crippen molar-refractivity contribution in [2.75, 3.05) is 11.9 Å². The molecule has 6 heteroatoms. The molecule has 8 rings (SSSR count). The number of benzene rings is 1. The molecule has 0 unspecified atom stereocenters. The average Bonchev–Trinajstić information content (AvgIpc) is 3.80. The lowest BCUT2D eigenvalue weighted by Crippen LogP contribution is -2.47. The summed E-state index contributed by atoms with van der Waals surface area (Å²) in [6, 6.07) is 8.79. The summed E-state index contributed by atoms with van der Waals surface area (Å²) in [5, 5.41) is 8.10. The molecule has 5 aliphatic rings. The molecular weight excluding hydrogens is 410 g/mol. The van der Waals surface area contributed by atoms with Crippen LogP contribution in [0.15, 0.2) is 35.0 Å². The molecule has 0 saturated heterocycles. The van der Waals surface area contributed by atoms with Crippen LogP contribution in [0, 0.1) is 5.41 Å². The van der Waals surface area contributed by atoms with Gasteiger partial charge in [-0.05, 0) is 81.8 Å². The van der Waals surface area contributed by atoms with E-state index in [-0.39, 0.29) is 5.41 Å². The highest BCUT2D eigenvalue weighted by Gasteiger charge is 2.52. The number of anilines is 1. The van der Waals surface area contributed by atoms with Crippen molar-refractivity contribution in [1.29, 1.82) is 0 Å². The Balaban J connectivity index is 1.02. The molecule has 3 aromatic rings. The molecule has 5 fully saturated rings. The lowest BCUT2D eigenvalue weighted by Gasteiger charge is -2.52. The van der Waals surface area contributed by atoms with E-state index in [0.717, 1.165) is 24.0 Å². The highest BCUT2D eigenvalue weighted by molar-refractivity contribution is 5.65. The molecule has 0 amide bonds. The van der Waals surface area contributed by atoms with Gasteiger partial charge in [0.25, 0.3) is 0 Å². The number of aromatic nitrogens is 4. The van der Waals surface area contributed by atoms with Gasteiger partial charge in [0.15, 0.2) is 5.82 Å². The Morgan fingerprint density at radius 1 is 1.00 bits per heavy atom. The molecule has 172 valence electrons. The first-order valence-electron chi connectivity index (χ1n) is 12.8. The van der Waals surface area contributed by atoms with Crippen LogP contribution in [0.3, 0.4) is 0 Å². The third kappa shape index (κ3) is 3.49. The summed E-state index contributed by atoms with van der Waals surface area (Å²) in [6.07, 6.45) is 14.5. The monoisotopic (exact) mass is 443 g/mol. The molecule has 0 aliphatic heterocycles. The minimum absolute atomic E-state index is 0.139. The molecule has 0 radical (unpaired) electrons. The first-order chi connectivity index (χ1) is 16.1. The molecule has 5 saturated carbocycles. The van der Waals surface area contributed by atoms with Crippen molar-refractivity contribution in [2.24, 2.45) is 12.5 Å². The van der Waals surface area contributed by atoms with Crippen LogP contribution in [0.5, 0.6) is 0 Å². The van der Waals surface area contributed by atoms with E-state index in [0.29, 0.717) is 17.3 Å². The Morgan fingerprint density at radius 3 is 2.48 bits per heavy atom. The van der Waals surface area contributed by atoms with Gasteiger partial charge in [0.05, 0.1) is 5.69 Å². The third-order valence-corrected chi connectivity index (χ3v) is 8.92. The summed E-state index contributed by atoms with van der Waals surface area (Å²) in [5.74, 6) is 4.36. The standard InChI is InChI=1S/C27H33N5O/c1-32-16-22(29-24(32)19-7-8-19)20-3-2-4-21(15-20)28-17-26-9-12-27(13-10-26,14-11-26)25-30-23(31-33-25)18-5-6-18/h2-4,15-16,18-19,28H,5-14,17H2,1H3. The first-order valence-corrected chi connectivity index (χ1v) is 12.8. The number of nitrogens with one attached hydrogen (secondary N) is 1. The van der Waals surface area contributed by atoms with Gasteiger partial charge < -0.3 is 14.4 Å². The number of aryl methyl sites for hydroxylation is 1. The number of hydrogen-bond acceptors (Lipinski definition) is 5. The minimum atomic E-state index is 0.139. The van der Waals surface area contributed by atoms with Gasteiger partial charge in [-0.25, -0.2) is 4.98 Å². The lowest BCUT2D eigenvalue weighted by molar-refractivity contribution is 0.0322. The summed E-state index contributed by atoms with van der Waals surface area (Å²) in [5.41, 5.74) is 4.02. The normalized spacial score (nSPS) is 28.9. The Labute approximate surface area is 195 Å². The summed E-state index contributed by atoms with van der Waals surface area (Å²) in [4.78, 5) is 9.78. The summed E-state index contributed by atoms with van der Waals surface area (Å²) in [6.45, 7) is 1.04. The Bertz CT molecular complexity index is 1160. The van der Waals surface area contributed by atoms with Crippen LogP contribution < -0.4 is 5.32 Å². The zero-order chi connectivity index (χ0) is 22.0. The number of hydrogen-bond donors (Lipinski definition) is 1. The van der Waals surface area contributed by atoms with Gasteiger partial charge in [-0.1, -0.05) is 17.3 Å². The number of imidazole rings is 1. The molecule has 2 bridgehead atoms. The fourth-order valence-corrected chi connectivity index (χ4v) is 6.23. The Morgan fingerprint density at radius 2 is 1.76 bits per heavy atom. The largest absolute Gasteiger partial charge is 0.384 e. The molecule has 0 atom stereocenters. The van der Waals surface area contributed by atoms with E-state index in [2.05, 4.69) is 52.6 Å². The summed E-state index contributed by atoms with van der Waals surface area (Å²) >= 11 is 0. The topological polar surface area (TPSA) is 68.8 Å². The Kier molecular flexibility index (Phi) is 4.31. The molecular formula is C27H33N5O. The Hall–Kier alpha value is -2.63. The molecule has 33 heavy (non-hydrogen) atoms. The fraction of sp³-hybridized carbons (Fsp3) is 0.593. The zero-order valence-electron chi connectivity index (χ0n) is 19.5. The van der Waals surface area contributed by atoms with E-state index >= 15 is 0 Å². The third-order valence-electron chi connectivity index (χ3n) is 8.92. The van der Waals surface area contributed by atoms with Gasteiger partial charge in [0, 0.05) is 48.3 Å². The zero-order valence-corrected chi connectivity index (χ0v) is 19.5. The molecule has 2 aromatic heterocycles. The predicted octanol–water partition coefficient (Wildman–Crippen LogP) is 5.93. The lowest BCUT2D eigenvalue weighted by atomic mass is 9.53. The molecule has 1 N–H and O–H groups in total. The van der Waals surface area contributed by atoms with Crippen LogP contribution in [-0.4, -0.2) is 26.2 Å². The maximum absolute atomic E-state index is 5.79. The smallest absolute Gasteiger partial charge is 0.232 e. The average molecular weight is 444 g/mol. The summed E-state index contributed by atoms with van der Waals surface area (Å²) < 4.78 is 7.99. The van der Waals surface area contributed by atoms with Crippen LogP contribution >= 0.6 is 0 Å². The van der Waals surface area contributed by atoms with Gasteiger partial charge in [-0.15, -0.1) is 0 Å². The molecule has 5 aliphatic carbocycles. The van der Waals surface area contributed by atoms with Crippen molar-refractivity contribution in [3.8, 4) is 11.3 Å². The number of rotatable bonds is 7. The maximum Gasteiger partial charge on any atom is 0.232 e. The van der Waals surface area contributed by atoms with Crippen LogP contribution in [0.25, 0.3) is 11.3 Å². The first kappa shape index (κ1) is 19.8. The van der Waals surface area contributed by atoms with Gasteiger partial charge in [-0.2, -0.15) is 4.98 Å². The van der Waals surface area contributed by atoms with Crippen molar-refractivity contribution >= 4 is 5.69 Å². The van der Waals surface area contributed by atoms with E-state index in [9.17, 15) is 0 Å². The van der Waals surface area contributed by atoms with Gasteiger partial charge in [0.2, 0.25) is 5.89 Å². The van der Waals surface area contributed by atoms with E-state index < -0.39 is 0 Å². The number of nitrogens with zero attached hydrogens (tertiary/aromatic N) is 4. The van der Waals surface area contributed by atoms with Crippen LogP contribution in [-0.2, 0) is 12.5 Å². The van der Waals surface area contributed by atoms with Gasteiger partial charge in [0.1, 0.15) is 5.82 Å². The fourth-order valence-electron chi connectivity index (χ4n) is 6.23. The van der Waals surface area contributed by atoms with E-state index in [1.165, 1.54) is 81.3 Å². The van der Waals surface area contributed by atoms with Gasteiger partial charge >= 0.3 is 0 Å². The van der Waals surface area contributed by atoms with E-state index in [1.807, 2.05) is 0 Å². The quantitative estimate of drug-likeness (QED) is 0.490. The van der Waals surface area contributed by atoms with Crippen molar-refractivity contribution < 1.29 is 4.52 Å². The molecule has 1 aromatic carbocycles. The number of fused-ring (bicyclic) bond motifs is 3. The molecule has 6 nitrogen and oxygen atoms in total. The van der Waals surface area contributed by atoms with Crippen molar-refractivity contribution in [3.63, 3.8) is 0 Å². The van der Waals surface area contributed by atoms with Crippen LogP contribution in [0.1, 0.15) is 93.6 Å². The van der Waals surface area contributed by atoms with Crippen molar-refractivity contribution in [2.45, 2.75) is 81.5 Å². The van der Waals surface area contributed by atoms with Crippen molar-refractivity contribution in [1.82, 2.24) is 19.7 Å². The predicted molar refractivity (Wildman–Crippen MR) is 127 cm³/mol. The van der Waals surface area contributed by atoms with E-state index in [4.69, 9.17) is 14.5 Å². The highest BCUT2D eigenvalue weighted by Crippen LogP contribution is 2.57. The molecule has 0 spiro atoms. The van der Waals surface area contributed by atoms with Crippen LogP contribution in [0.2, 0.25) is 0 Å². The maximum atomic E-state index is 5.79. The second kappa shape index (κ2) is 7.18. The van der Waals surface area contributed by atoms with Crippen LogP contribution in [0.4, 0.5) is 5.69 Å².